The molecule has 0 bridgehead atoms. The summed E-state index contributed by atoms with van der Waals surface area (Å²) < 4.78 is 0. The van der Waals surface area contributed by atoms with Crippen LogP contribution >= 0.6 is 0 Å². The van der Waals surface area contributed by atoms with Crippen LogP contribution in [0.25, 0.3) is 17.0 Å². The van der Waals surface area contributed by atoms with Crippen LogP contribution in [0.4, 0.5) is 0 Å². The van der Waals surface area contributed by atoms with Crippen molar-refractivity contribution in [2.45, 2.75) is 13.5 Å². The number of fused-ring (bicyclic) bond motifs is 1. The molecule has 0 saturated heterocycles. The van der Waals surface area contributed by atoms with Gasteiger partial charge in [-0.05, 0) is 47.7 Å². The summed E-state index contributed by atoms with van der Waals surface area (Å²) in [6, 6.07) is 18.1. The van der Waals surface area contributed by atoms with E-state index in [-0.39, 0.29) is 5.91 Å². The zero-order valence-electron chi connectivity index (χ0n) is 12.5. The molecule has 1 amide bonds. The van der Waals surface area contributed by atoms with E-state index >= 15 is 0 Å². The summed E-state index contributed by atoms with van der Waals surface area (Å²) >= 11 is 0. The number of amides is 1. The zero-order valence-corrected chi connectivity index (χ0v) is 12.5. The first-order valence-electron chi connectivity index (χ1n) is 7.30. The molecule has 0 aliphatic carbocycles. The first-order chi connectivity index (χ1) is 10.7. The normalized spacial score (nSPS) is 11.1. The number of nitrogens with one attached hydrogen (secondary N) is 2. The molecule has 3 rings (SSSR count). The minimum absolute atomic E-state index is 0.0887. The molecule has 3 aromatic rings. The Morgan fingerprint density at radius 1 is 1.14 bits per heavy atom. The molecule has 3 nitrogen and oxygen atoms in total. The average molecular weight is 290 g/mol. The lowest BCUT2D eigenvalue weighted by Gasteiger charge is -2.03. The average Bonchev–Trinajstić information content (AvgIpc) is 2.91. The topological polar surface area (TPSA) is 44.9 Å². The second-order valence-electron chi connectivity index (χ2n) is 5.34. The van der Waals surface area contributed by atoms with E-state index < -0.39 is 0 Å². The molecular weight excluding hydrogens is 272 g/mol. The quantitative estimate of drug-likeness (QED) is 0.705. The van der Waals surface area contributed by atoms with Crippen LogP contribution in [0, 0.1) is 6.92 Å². The van der Waals surface area contributed by atoms with Crippen molar-refractivity contribution in [3.63, 3.8) is 0 Å². The van der Waals surface area contributed by atoms with Gasteiger partial charge in [-0.25, -0.2) is 0 Å². The van der Waals surface area contributed by atoms with Gasteiger partial charge >= 0.3 is 0 Å². The minimum Gasteiger partial charge on any atom is -0.359 e. The first-order valence-corrected chi connectivity index (χ1v) is 7.30. The lowest BCUT2D eigenvalue weighted by Crippen LogP contribution is -2.20. The molecule has 0 fully saturated rings. The van der Waals surface area contributed by atoms with E-state index in [1.165, 1.54) is 5.39 Å². The Kier molecular flexibility index (Phi) is 4.05. The lowest BCUT2D eigenvalue weighted by atomic mass is 10.1. The van der Waals surface area contributed by atoms with E-state index in [0.29, 0.717) is 6.54 Å². The number of hydrogen-bond acceptors (Lipinski definition) is 1. The summed E-state index contributed by atoms with van der Waals surface area (Å²) in [6.07, 6.45) is 3.38. The molecule has 110 valence electrons. The number of hydrogen-bond donors (Lipinski definition) is 2. The highest BCUT2D eigenvalue weighted by Crippen LogP contribution is 2.16. The van der Waals surface area contributed by atoms with E-state index in [1.54, 1.807) is 6.08 Å². The van der Waals surface area contributed by atoms with E-state index in [1.807, 2.05) is 55.5 Å². The van der Waals surface area contributed by atoms with Crippen LogP contribution < -0.4 is 5.32 Å². The third kappa shape index (κ3) is 3.44. The van der Waals surface area contributed by atoms with E-state index in [9.17, 15) is 4.79 Å². The summed E-state index contributed by atoms with van der Waals surface area (Å²) in [5.41, 5.74) is 4.37. The molecule has 0 spiro atoms. The highest BCUT2D eigenvalue weighted by Gasteiger charge is 2.01. The Hall–Kier alpha value is -2.81. The summed E-state index contributed by atoms with van der Waals surface area (Å²) in [5, 5.41) is 4.08. The Labute approximate surface area is 129 Å². The maximum absolute atomic E-state index is 11.9. The number of carbonyl (C=O) groups is 1. The number of aromatic nitrogens is 1. The van der Waals surface area contributed by atoms with Crippen molar-refractivity contribution < 1.29 is 4.79 Å². The van der Waals surface area contributed by atoms with Gasteiger partial charge in [0.2, 0.25) is 5.91 Å². The van der Waals surface area contributed by atoms with Gasteiger partial charge in [0.15, 0.2) is 0 Å². The Morgan fingerprint density at radius 2 is 1.95 bits per heavy atom. The van der Waals surface area contributed by atoms with Crippen LogP contribution in [0.1, 0.15) is 16.8 Å². The van der Waals surface area contributed by atoms with Gasteiger partial charge in [0.1, 0.15) is 0 Å². The molecule has 0 atom stereocenters. The fourth-order valence-corrected chi connectivity index (χ4v) is 2.42. The lowest BCUT2D eigenvalue weighted by molar-refractivity contribution is -0.116. The van der Waals surface area contributed by atoms with Crippen LogP contribution in [0.2, 0.25) is 0 Å². The summed E-state index contributed by atoms with van der Waals surface area (Å²) in [5.74, 6) is -0.0887. The van der Waals surface area contributed by atoms with E-state index in [2.05, 4.69) is 22.4 Å². The van der Waals surface area contributed by atoms with Gasteiger partial charge in [-0.15, -0.1) is 0 Å². The van der Waals surface area contributed by atoms with Crippen molar-refractivity contribution in [2.75, 3.05) is 0 Å². The van der Waals surface area contributed by atoms with Crippen molar-refractivity contribution in [3.05, 3.63) is 77.5 Å². The Bertz CT molecular complexity index is 816. The number of aromatic amines is 1. The van der Waals surface area contributed by atoms with Crippen molar-refractivity contribution in [2.24, 2.45) is 0 Å². The number of H-pyrrole nitrogens is 1. The van der Waals surface area contributed by atoms with Gasteiger partial charge in [-0.2, -0.15) is 0 Å². The fraction of sp³-hybridized carbons (Fsp3) is 0.105. The van der Waals surface area contributed by atoms with Gasteiger partial charge in [0, 0.05) is 23.8 Å². The second kappa shape index (κ2) is 6.31. The largest absolute Gasteiger partial charge is 0.359 e. The molecule has 22 heavy (non-hydrogen) atoms. The number of rotatable bonds is 4. The summed E-state index contributed by atoms with van der Waals surface area (Å²) in [6.45, 7) is 2.56. The SMILES string of the molecule is Cc1cc2cc(CNC(=O)/C=C\c3ccccc3)ccc2[nH]1. The van der Waals surface area contributed by atoms with Crippen molar-refractivity contribution in [3.8, 4) is 0 Å². The molecule has 0 radical (unpaired) electrons. The maximum Gasteiger partial charge on any atom is 0.244 e. The predicted octanol–water partition coefficient (Wildman–Crippen LogP) is 3.81. The van der Waals surface area contributed by atoms with E-state index in [0.717, 1.165) is 22.3 Å². The van der Waals surface area contributed by atoms with Crippen LogP contribution in [-0.2, 0) is 11.3 Å². The van der Waals surface area contributed by atoms with Gasteiger partial charge in [0.25, 0.3) is 0 Å². The van der Waals surface area contributed by atoms with Gasteiger partial charge in [-0.3, -0.25) is 4.79 Å². The number of carbonyl (C=O) groups excluding carboxylic acids is 1. The molecule has 0 aliphatic heterocycles. The molecule has 0 unspecified atom stereocenters. The van der Waals surface area contributed by atoms with Crippen molar-refractivity contribution >= 4 is 22.9 Å². The second-order valence-corrected chi connectivity index (χ2v) is 5.34. The molecule has 1 aromatic heterocycles. The van der Waals surface area contributed by atoms with Crippen LogP contribution in [0.5, 0.6) is 0 Å². The van der Waals surface area contributed by atoms with Crippen LogP contribution in [0.15, 0.2) is 60.7 Å². The van der Waals surface area contributed by atoms with Crippen LogP contribution in [-0.4, -0.2) is 10.9 Å². The van der Waals surface area contributed by atoms with Gasteiger partial charge in [-0.1, -0.05) is 36.4 Å². The molecule has 3 heteroatoms. The van der Waals surface area contributed by atoms with Crippen molar-refractivity contribution in [1.29, 1.82) is 0 Å². The third-order valence-corrected chi connectivity index (χ3v) is 3.51. The van der Waals surface area contributed by atoms with Gasteiger partial charge < -0.3 is 10.3 Å². The molecule has 1 heterocycles. The highest BCUT2D eigenvalue weighted by molar-refractivity contribution is 5.91. The molecular formula is C19H18N2O. The van der Waals surface area contributed by atoms with Crippen LogP contribution in [0.3, 0.4) is 0 Å². The molecule has 0 aliphatic rings. The zero-order chi connectivity index (χ0) is 15.4. The maximum atomic E-state index is 11.9. The van der Waals surface area contributed by atoms with Gasteiger partial charge in [0.05, 0.1) is 0 Å². The third-order valence-electron chi connectivity index (χ3n) is 3.51. The molecule has 2 N–H and O–H groups in total. The molecule has 0 saturated carbocycles. The van der Waals surface area contributed by atoms with Crippen molar-refractivity contribution in [1.82, 2.24) is 10.3 Å². The van der Waals surface area contributed by atoms with E-state index in [4.69, 9.17) is 0 Å². The smallest absolute Gasteiger partial charge is 0.244 e. The predicted molar refractivity (Wildman–Crippen MR) is 90.4 cm³/mol. The fourth-order valence-electron chi connectivity index (χ4n) is 2.42. The first kappa shape index (κ1) is 14.1. The highest BCUT2D eigenvalue weighted by atomic mass is 16.1. The summed E-state index contributed by atoms with van der Waals surface area (Å²) in [7, 11) is 0. The Balaban J connectivity index is 1.61. The number of aryl methyl sites for hydroxylation is 1. The Morgan fingerprint density at radius 3 is 2.77 bits per heavy atom. The number of benzene rings is 2. The molecule has 2 aromatic carbocycles. The summed E-state index contributed by atoms with van der Waals surface area (Å²) in [4.78, 5) is 15.1. The monoisotopic (exact) mass is 290 g/mol. The standard InChI is InChI=1S/C19H18N2O/c1-14-11-17-12-16(7-9-18(17)21-14)13-20-19(22)10-8-15-5-3-2-4-6-15/h2-12,21H,13H2,1H3,(H,20,22)/b10-8-. The minimum atomic E-state index is -0.0887.